The number of rotatable bonds is 4. The van der Waals surface area contributed by atoms with Gasteiger partial charge in [-0.15, -0.1) is 0 Å². The van der Waals surface area contributed by atoms with Gasteiger partial charge in [-0.05, 0) is 37.5 Å². The zero-order chi connectivity index (χ0) is 15.6. The van der Waals surface area contributed by atoms with Crippen molar-refractivity contribution in [3.8, 4) is 0 Å². The molecule has 7 heteroatoms. The van der Waals surface area contributed by atoms with Gasteiger partial charge in [0.1, 0.15) is 4.90 Å². The first-order valence-corrected chi connectivity index (χ1v) is 8.53. The van der Waals surface area contributed by atoms with E-state index < -0.39 is 15.9 Å². The van der Waals surface area contributed by atoms with E-state index in [0.29, 0.717) is 6.54 Å². The molecule has 1 aromatic carbocycles. The Kier molecular flexibility index (Phi) is 4.53. The van der Waals surface area contributed by atoms with Crippen molar-refractivity contribution in [3.05, 3.63) is 23.8 Å². The lowest BCUT2D eigenvalue weighted by atomic mass is 10.0. The van der Waals surface area contributed by atoms with Crippen LogP contribution in [-0.2, 0) is 10.0 Å². The van der Waals surface area contributed by atoms with Crippen molar-refractivity contribution in [2.24, 2.45) is 5.73 Å². The van der Waals surface area contributed by atoms with Gasteiger partial charge in [-0.25, -0.2) is 8.42 Å². The molecule has 21 heavy (non-hydrogen) atoms. The molecule has 0 aromatic heterocycles. The molecular weight excluding hydrogens is 290 g/mol. The third-order valence-electron chi connectivity index (χ3n) is 3.93. The van der Waals surface area contributed by atoms with E-state index >= 15 is 0 Å². The average Bonchev–Trinajstić information content (AvgIpc) is 2.46. The number of hydrogen-bond acceptors (Lipinski definition) is 4. The Balaban J connectivity index is 2.41. The minimum atomic E-state index is -3.64. The first-order chi connectivity index (χ1) is 9.87. The molecule has 1 heterocycles. The highest BCUT2D eigenvalue weighted by Gasteiger charge is 2.33. The summed E-state index contributed by atoms with van der Waals surface area (Å²) < 4.78 is 27.1. The summed E-state index contributed by atoms with van der Waals surface area (Å²) in [6, 6.07) is 4.10. The summed E-state index contributed by atoms with van der Waals surface area (Å²) in [6.45, 7) is 2.50. The van der Waals surface area contributed by atoms with Crippen molar-refractivity contribution in [1.29, 1.82) is 0 Å². The van der Waals surface area contributed by atoms with E-state index in [0.717, 1.165) is 25.7 Å². The maximum Gasteiger partial charge on any atom is 0.248 e. The molecule has 1 fully saturated rings. The Hall–Kier alpha value is -1.60. The standard InChI is InChI=1S/C14H21N3O3S/c1-2-11-5-3-4-8-17(11)21(19,20)13-7-6-10(14(16)18)9-12(13)15/h6-7,9,11H,2-5,8,15H2,1H3,(H2,16,18). The number of primary amides is 1. The van der Waals surface area contributed by atoms with Gasteiger partial charge >= 0.3 is 0 Å². The second kappa shape index (κ2) is 6.03. The van der Waals surface area contributed by atoms with Gasteiger partial charge in [-0.1, -0.05) is 13.3 Å². The normalized spacial score (nSPS) is 20.3. The van der Waals surface area contributed by atoms with E-state index in [1.807, 2.05) is 6.92 Å². The van der Waals surface area contributed by atoms with E-state index in [1.54, 1.807) is 0 Å². The first kappa shape index (κ1) is 15.8. The number of carbonyl (C=O) groups is 1. The summed E-state index contributed by atoms with van der Waals surface area (Å²) in [5, 5.41) is 0. The summed E-state index contributed by atoms with van der Waals surface area (Å²) in [5.74, 6) is -0.630. The third-order valence-corrected chi connectivity index (χ3v) is 5.95. The van der Waals surface area contributed by atoms with Crippen molar-refractivity contribution in [2.75, 3.05) is 12.3 Å². The molecule has 4 N–H and O–H groups in total. The van der Waals surface area contributed by atoms with Crippen LogP contribution in [-0.4, -0.2) is 31.2 Å². The lowest BCUT2D eigenvalue weighted by Gasteiger charge is -2.34. The van der Waals surface area contributed by atoms with E-state index in [2.05, 4.69) is 0 Å². The fourth-order valence-corrected chi connectivity index (χ4v) is 4.63. The largest absolute Gasteiger partial charge is 0.398 e. The molecule has 1 saturated heterocycles. The number of anilines is 1. The maximum atomic E-state index is 12.8. The Morgan fingerprint density at radius 3 is 2.67 bits per heavy atom. The number of hydrogen-bond donors (Lipinski definition) is 2. The minimum Gasteiger partial charge on any atom is -0.398 e. The van der Waals surface area contributed by atoms with Crippen molar-refractivity contribution < 1.29 is 13.2 Å². The van der Waals surface area contributed by atoms with Gasteiger partial charge in [-0.3, -0.25) is 4.79 Å². The van der Waals surface area contributed by atoms with Crippen LogP contribution in [0, 0.1) is 0 Å². The predicted octanol–water partition coefficient (Wildman–Crippen LogP) is 1.32. The quantitative estimate of drug-likeness (QED) is 0.818. The smallest absolute Gasteiger partial charge is 0.248 e. The van der Waals surface area contributed by atoms with Gasteiger partial charge in [0.05, 0.1) is 5.69 Å². The van der Waals surface area contributed by atoms with Gasteiger partial charge in [0.2, 0.25) is 15.9 Å². The molecule has 0 aliphatic carbocycles. The number of nitrogens with zero attached hydrogens (tertiary/aromatic N) is 1. The summed E-state index contributed by atoms with van der Waals surface area (Å²) in [5.41, 5.74) is 11.3. The van der Waals surface area contributed by atoms with Gasteiger partial charge in [0.15, 0.2) is 0 Å². The molecule has 0 bridgehead atoms. The highest BCUT2D eigenvalue weighted by Crippen LogP contribution is 2.30. The van der Waals surface area contributed by atoms with E-state index in [9.17, 15) is 13.2 Å². The zero-order valence-corrected chi connectivity index (χ0v) is 12.9. The Labute approximate surface area is 125 Å². The molecule has 2 rings (SSSR count). The summed E-state index contributed by atoms with van der Waals surface area (Å²) >= 11 is 0. The van der Waals surface area contributed by atoms with Gasteiger partial charge < -0.3 is 11.5 Å². The topological polar surface area (TPSA) is 106 Å². The second-order valence-electron chi connectivity index (χ2n) is 5.29. The molecule has 6 nitrogen and oxygen atoms in total. The van der Waals surface area contributed by atoms with Crippen LogP contribution in [0.4, 0.5) is 5.69 Å². The van der Waals surface area contributed by atoms with Crippen LogP contribution in [0.15, 0.2) is 23.1 Å². The Morgan fingerprint density at radius 1 is 1.38 bits per heavy atom. The molecule has 1 amide bonds. The molecule has 0 saturated carbocycles. The number of benzene rings is 1. The summed E-state index contributed by atoms with van der Waals surface area (Å²) in [4.78, 5) is 11.2. The molecular formula is C14H21N3O3S. The molecule has 1 aliphatic heterocycles. The fraction of sp³-hybridized carbons (Fsp3) is 0.500. The Morgan fingerprint density at radius 2 is 2.10 bits per heavy atom. The second-order valence-corrected chi connectivity index (χ2v) is 7.15. The summed E-state index contributed by atoms with van der Waals surface area (Å²) in [7, 11) is -3.64. The van der Waals surface area contributed by atoms with Crippen LogP contribution in [0.1, 0.15) is 43.0 Å². The van der Waals surface area contributed by atoms with E-state index in [1.165, 1.54) is 22.5 Å². The van der Waals surface area contributed by atoms with Gasteiger partial charge in [0.25, 0.3) is 0 Å². The summed E-state index contributed by atoms with van der Waals surface area (Å²) in [6.07, 6.45) is 3.54. The molecule has 116 valence electrons. The number of sulfonamides is 1. The Bertz CT molecular complexity index is 643. The highest BCUT2D eigenvalue weighted by atomic mass is 32.2. The van der Waals surface area contributed by atoms with Crippen LogP contribution >= 0.6 is 0 Å². The molecule has 1 aliphatic rings. The number of nitrogen functional groups attached to an aromatic ring is 1. The number of carbonyl (C=O) groups excluding carboxylic acids is 1. The van der Waals surface area contributed by atoms with Crippen LogP contribution in [0.5, 0.6) is 0 Å². The average molecular weight is 311 g/mol. The maximum absolute atomic E-state index is 12.8. The fourth-order valence-electron chi connectivity index (χ4n) is 2.76. The van der Waals surface area contributed by atoms with Gasteiger partial charge in [0, 0.05) is 18.2 Å². The molecule has 1 unspecified atom stereocenters. The van der Waals surface area contributed by atoms with Gasteiger partial charge in [-0.2, -0.15) is 4.31 Å². The zero-order valence-electron chi connectivity index (χ0n) is 12.1. The number of amides is 1. The minimum absolute atomic E-state index is 0.0129. The lowest BCUT2D eigenvalue weighted by molar-refractivity contribution is 0.1000. The van der Waals surface area contributed by atoms with Crippen molar-refractivity contribution in [2.45, 2.75) is 43.5 Å². The number of nitrogens with two attached hydrogens (primary N) is 2. The monoisotopic (exact) mass is 311 g/mol. The lowest BCUT2D eigenvalue weighted by Crippen LogP contribution is -2.43. The molecule has 0 radical (unpaired) electrons. The van der Waals surface area contributed by atoms with Crippen molar-refractivity contribution in [3.63, 3.8) is 0 Å². The van der Waals surface area contributed by atoms with Crippen molar-refractivity contribution >= 4 is 21.6 Å². The highest BCUT2D eigenvalue weighted by molar-refractivity contribution is 7.89. The van der Waals surface area contributed by atoms with E-state index in [4.69, 9.17) is 11.5 Å². The molecule has 1 atom stereocenters. The van der Waals surface area contributed by atoms with Crippen LogP contribution in [0.2, 0.25) is 0 Å². The molecule has 1 aromatic rings. The predicted molar refractivity (Wildman–Crippen MR) is 81.2 cm³/mol. The SMILES string of the molecule is CCC1CCCCN1S(=O)(=O)c1ccc(C(N)=O)cc1N. The van der Waals surface area contributed by atoms with E-state index in [-0.39, 0.29) is 22.2 Å². The third kappa shape index (κ3) is 3.03. The first-order valence-electron chi connectivity index (χ1n) is 7.09. The van der Waals surface area contributed by atoms with Crippen LogP contribution in [0.3, 0.4) is 0 Å². The van der Waals surface area contributed by atoms with Crippen LogP contribution < -0.4 is 11.5 Å². The van der Waals surface area contributed by atoms with Crippen LogP contribution in [0.25, 0.3) is 0 Å². The number of piperidine rings is 1. The molecule has 0 spiro atoms. The van der Waals surface area contributed by atoms with Crippen molar-refractivity contribution in [1.82, 2.24) is 4.31 Å².